The molecule has 124 valence electrons. The number of amides is 1. The molecule has 1 amide bonds. The Balaban J connectivity index is 2.32. The lowest BCUT2D eigenvalue weighted by Crippen LogP contribution is -2.41. The van der Waals surface area contributed by atoms with Gasteiger partial charge in [-0.25, -0.2) is 0 Å². The number of hydrogen-bond donors (Lipinski definition) is 1. The monoisotopic (exact) mass is 336 g/mol. The highest BCUT2D eigenvalue weighted by Crippen LogP contribution is 2.38. The highest BCUT2D eigenvalue weighted by Gasteiger charge is 2.52. The Morgan fingerprint density at radius 1 is 1.35 bits per heavy atom. The van der Waals surface area contributed by atoms with Crippen molar-refractivity contribution in [2.45, 2.75) is 45.8 Å². The van der Waals surface area contributed by atoms with Gasteiger partial charge in [-0.2, -0.15) is 0 Å². The summed E-state index contributed by atoms with van der Waals surface area (Å²) in [5.74, 6) is -0.121. The van der Waals surface area contributed by atoms with Crippen LogP contribution in [0.2, 0.25) is 5.02 Å². The van der Waals surface area contributed by atoms with E-state index in [2.05, 4.69) is 10.3 Å². The molecule has 0 spiro atoms. The lowest BCUT2D eigenvalue weighted by molar-refractivity contribution is -0.118. The van der Waals surface area contributed by atoms with E-state index < -0.39 is 18.3 Å². The Labute approximate surface area is 142 Å². The van der Waals surface area contributed by atoms with Crippen LogP contribution >= 0.6 is 11.6 Å². The second-order valence-electron chi connectivity index (χ2n) is 6.61. The molecule has 1 saturated heterocycles. The van der Waals surface area contributed by atoms with Crippen molar-refractivity contribution < 1.29 is 14.1 Å². The average Bonchev–Trinajstić information content (AvgIpc) is 2.65. The SMILES string of the molecule is CC(=O)NCC(=Cc1cnccc1Cl)B1OC(C)(C)C(C)(C)O1. The summed E-state index contributed by atoms with van der Waals surface area (Å²) in [5.41, 5.74) is 0.634. The lowest BCUT2D eigenvalue weighted by Gasteiger charge is -2.32. The van der Waals surface area contributed by atoms with Gasteiger partial charge in [-0.1, -0.05) is 17.7 Å². The predicted octanol–water partition coefficient (Wildman–Crippen LogP) is 2.89. The van der Waals surface area contributed by atoms with Crippen molar-refractivity contribution in [3.05, 3.63) is 34.5 Å². The van der Waals surface area contributed by atoms with Crippen LogP contribution in [0.4, 0.5) is 0 Å². The summed E-state index contributed by atoms with van der Waals surface area (Å²) in [6, 6.07) is 1.72. The number of carbonyl (C=O) groups is 1. The van der Waals surface area contributed by atoms with Gasteiger partial charge in [0.15, 0.2) is 0 Å². The quantitative estimate of drug-likeness (QED) is 0.859. The Morgan fingerprint density at radius 3 is 2.48 bits per heavy atom. The Hall–Kier alpha value is -1.37. The Morgan fingerprint density at radius 2 is 1.96 bits per heavy atom. The first-order valence-electron chi connectivity index (χ1n) is 7.52. The Bertz CT molecular complexity index is 616. The number of halogens is 1. The third kappa shape index (κ3) is 4.13. The molecule has 0 saturated carbocycles. The molecule has 2 heterocycles. The van der Waals surface area contributed by atoms with Gasteiger partial charge >= 0.3 is 7.12 Å². The normalized spacial score (nSPS) is 19.7. The first-order valence-corrected chi connectivity index (χ1v) is 7.90. The van der Waals surface area contributed by atoms with Crippen LogP contribution in [-0.2, 0) is 14.1 Å². The number of pyridine rings is 1. The molecule has 0 unspecified atom stereocenters. The molecule has 1 aliphatic rings. The number of rotatable bonds is 4. The van der Waals surface area contributed by atoms with Gasteiger partial charge in [-0.15, -0.1) is 0 Å². The van der Waals surface area contributed by atoms with Crippen molar-refractivity contribution in [1.82, 2.24) is 10.3 Å². The van der Waals surface area contributed by atoms with Crippen molar-refractivity contribution in [1.29, 1.82) is 0 Å². The van der Waals surface area contributed by atoms with Gasteiger partial charge in [0.25, 0.3) is 0 Å². The topological polar surface area (TPSA) is 60.5 Å². The van der Waals surface area contributed by atoms with Crippen molar-refractivity contribution in [3.8, 4) is 0 Å². The Kier molecular flexibility index (Phi) is 5.18. The van der Waals surface area contributed by atoms with Crippen molar-refractivity contribution in [2.75, 3.05) is 6.54 Å². The van der Waals surface area contributed by atoms with E-state index in [9.17, 15) is 4.79 Å². The van der Waals surface area contributed by atoms with Crippen molar-refractivity contribution in [2.24, 2.45) is 0 Å². The van der Waals surface area contributed by atoms with Crippen molar-refractivity contribution in [3.63, 3.8) is 0 Å². The van der Waals surface area contributed by atoms with Gasteiger partial charge in [0.2, 0.25) is 5.91 Å². The highest BCUT2D eigenvalue weighted by molar-refractivity contribution is 6.56. The van der Waals surface area contributed by atoms with E-state index in [1.807, 2.05) is 33.8 Å². The summed E-state index contributed by atoms with van der Waals surface area (Å²) < 4.78 is 12.1. The molecule has 1 N–H and O–H groups in total. The molecular weight excluding hydrogens is 314 g/mol. The molecule has 0 bridgehead atoms. The zero-order valence-corrected chi connectivity index (χ0v) is 14.9. The van der Waals surface area contributed by atoms with Crippen LogP contribution < -0.4 is 5.32 Å². The van der Waals surface area contributed by atoms with E-state index in [0.29, 0.717) is 11.6 Å². The first-order chi connectivity index (χ1) is 10.6. The van der Waals surface area contributed by atoms with E-state index in [1.165, 1.54) is 6.92 Å². The third-order valence-corrected chi connectivity index (χ3v) is 4.58. The van der Waals surface area contributed by atoms with Gasteiger partial charge in [0.1, 0.15) is 0 Å². The van der Waals surface area contributed by atoms with Crippen LogP contribution in [0.3, 0.4) is 0 Å². The van der Waals surface area contributed by atoms with Crippen LogP contribution in [0, 0.1) is 0 Å². The summed E-state index contributed by atoms with van der Waals surface area (Å²) in [6.07, 6.45) is 5.15. The fraction of sp³-hybridized carbons (Fsp3) is 0.500. The number of nitrogens with zero attached hydrogens (tertiary/aromatic N) is 1. The number of nitrogens with one attached hydrogen (secondary N) is 1. The fourth-order valence-electron chi connectivity index (χ4n) is 2.12. The standard InChI is InChI=1S/C16H22BClN2O3/c1-11(21)20-10-13(8-12-9-19-7-6-14(12)18)17-22-15(2,3)16(4,5)23-17/h6-9H,10H2,1-5H3,(H,20,21). The van der Waals surface area contributed by atoms with Gasteiger partial charge < -0.3 is 14.6 Å². The van der Waals surface area contributed by atoms with Crippen LogP contribution in [-0.4, -0.2) is 35.8 Å². The zero-order valence-electron chi connectivity index (χ0n) is 14.1. The highest BCUT2D eigenvalue weighted by atomic mass is 35.5. The molecule has 1 aliphatic heterocycles. The second kappa shape index (κ2) is 6.63. The maximum absolute atomic E-state index is 11.3. The molecule has 23 heavy (non-hydrogen) atoms. The molecule has 1 aromatic heterocycles. The van der Waals surface area contributed by atoms with Crippen LogP contribution in [0.5, 0.6) is 0 Å². The first kappa shape index (κ1) is 18.0. The molecule has 0 atom stereocenters. The predicted molar refractivity (Wildman–Crippen MR) is 92.0 cm³/mol. The zero-order chi connectivity index (χ0) is 17.3. The van der Waals surface area contributed by atoms with E-state index in [0.717, 1.165) is 11.0 Å². The largest absolute Gasteiger partial charge is 0.492 e. The smallest absolute Gasteiger partial charge is 0.400 e. The minimum atomic E-state index is -0.553. The van der Waals surface area contributed by atoms with E-state index >= 15 is 0 Å². The number of carbonyl (C=O) groups excluding carboxylic acids is 1. The molecule has 5 nitrogen and oxygen atoms in total. The molecule has 0 aromatic carbocycles. The minimum absolute atomic E-state index is 0.121. The van der Waals surface area contributed by atoms with E-state index in [4.69, 9.17) is 20.9 Å². The van der Waals surface area contributed by atoms with E-state index in [-0.39, 0.29) is 5.91 Å². The molecule has 7 heteroatoms. The van der Waals surface area contributed by atoms with Crippen LogP contribution in [0.15, 0.2) is 23.9 Å². The molecule has 0 radical (unpaired) electrons. The van der Waals surface area contributed by atoms with Crippen LogP contribution in [0.25, 0.3) is 6.08 Å². The summed E-state index contributed by atoms with van der Waals surface area (Å²) in [7, 11) is -0.553. The molecule has 1 fully saturated rings. The van der Waals surface area contributed by atoms with Gasteiger partial charge in [0.05, 0.1) is 16.2 Å². The van der Waals surface area contributed by atoms with Gasteiger partial charge in [-0.05, 0) is 39.2 Å². The molecule has 2 rings (SSSR count). The summed E-state index contributed by atoms with van der Waals surface area (Å²) in [6.45, 7) is 9.73. The van der Waals surface area contributed by atoms with Gasteiger partial charge in [-0.3, -0.25) is 9.78 Å². The summed E-state index contributed by atoms with van der Waals surface area (Å²) in [4.78, 5) is 15.4. The van der Waals surface area contributed by atoms with Crippen molar-refractivity contribution >= 4 is 30.7 Å². The van der Waals surface area contributed by atoms with Crippen LogP contribution in [0.1, 0.15) is 40.2 Å². The molecular formula is C16H22BClN2O3. The second-order valence-corrected chi connectivity index (χ2v) is 7.02. The van der Waals surface area contributed by atoms with Gasteiger partial charge in [0, 0.05) is 31.4 Å². The minimum Gasteiger partial charge on any atom is -0.400 e. The third-order valence-electron chi connectivity index (χ3n) is 4.23. The molecule has 0 aliphatic carbocycles. The number of hydrogen-bond acceptors (Lipinski definition) is 4. The molecule has 1 aromatic rings. The summed E-state index contributed by atoms with van der Waals surface area (Å²) in [5, 5.41) is 3.37. The maximum atomic E-state index is 11.3. The lowest BCUT2D eigenvalue weighted by atomic mass is 9.77. The fourth-order valence-corrected chi connectivity index (χ4v) is 2.28. The average molecular weight is 337 g/mol. The maximum Gasteiger partial charge on any atom is 0.492 e. The summed E-state index contributed by atoms with van der Waals surface area (Å²) >= 11 is 6.20. The van der Waals surface area contributed by atoms with E-state index in [1.54, 1.807) is 18.5 Å². The number of aromatic nitrogens is 1.